The largest absolute Gasteiger partial charge is 0.494 e. The number of rotatable bonds is 3. The van der Waals surface area contributed by atoms with Crippen LogP contribution >= 0.6 is 0 Å². The molecule has 0 aliphatic carbocycles. The summed E-state index contributed by atoms with van der Waals surface area (Å²) in [5.74, 6) is 0.989. The highest BCUT2D eigenvalue weighted by molar-refractivity contribution is 6.62. The Balaban J connectivity index is 1.53. The minimum Gasteiger partial charge on any atom is -0.399 e. The van der Waals surface area contributed by atoms with E-state index < -0.39 is 0 Å². The number of aromatic nitrogens is 4. The van der Waals surface area contributed by atoms with Crippen molar-refractivity contribution >= 4 is 12.6 Å². The van der Waals surface area contributed by atoms with Crippen LogP contribution in [0.4, 0.5) is 0 Å². The maximum absolute atomic E-state index is 6.08. The molecule has 2 heterocycles. The topological polar surface area (TPSA) is 70.0 Å². The Morgan fingerprint density at radius 2 is 1.07 bits per heavy atom. The van der Waals surface area contributed by atoms with Crippen molar-refractivity contribution < 1.29 is 9.31 Å². The van der Waals surface area contributed by atoms with Crippen LogP contribution in [-0.4, -0.2) is 38.7 Å². The lowest BCUT2D eigenvalue weighted by Crippen LogP contribution is -2.41. The summed E-state index contributed by atoms with van der Waals surface area (Å²) in [5, 5.41) is 16.8. The van der Waals surface area contributed by atoms with E-state index in [1.807, 2.05) is 82.3 Å². The van der Waals surface area contributed by atoms with Crippen LogP contribution in [0.15, 0.2) is 54.6 Å². The van der Waals surface area contributed by atoms with Crippen molar-refractivity contribution in [1.29, 1.82) is 0 Å². The van der Waals surface area contributed by atoms with Gasteiger partial charge in [0.15, 0.2) is 0 Å². The Bertz CT molecular complexity index is 912. The van der Waals surface area contributed by atoms with Gasteiger partial charge in [-0.2, -0.15) is 0 Å². The minimum atomic E-state index is -0.387. The van der Waals surface area contributed by atoms with Gasteiger partial charge in [0, 0.05) is 11.1 Å². The summed E-state index contributed by atoms with van der Waals surface area (Å²) >= 11 is 0. The second-order valence-electron chi connectivity index (χ2n) is 7.62. The van der Waals surface area contributed by atoms with Gasteiger partial charge < -0.3 is 9.31 Å². The van der Waals surface area contributed by atoms with Gasteiger partial charge in [0.25, 0.3) is 0 Å². The molecule has 4 rings (SSSR count). The van der Waals surface area contributed by atoms with Crippen LogP contribution in [-0.2, 0) is 9.31 Å². The maximum Gasteiger partial charge on any atom is 0.494 e. The van der Waals surface area contributed by atoms with Gasteiger partial charge in [0.2, 0.25) is 11.6 Å². The molecule has 27 heavy (non-hydrogen) atoms. The molecule has 0 spiro atoms. The van der Waals surface area contributed by atoms with Crippen LogP contribution in [0.3, 0.4) is 0 Å². The third kappa shape index (κ3) is 3.36. The van der Waals surface area contributed by atoms with Gasteiger partial charge in [-0.3, -0.25) is 0 Å². The highest BCUT2D eigenvalue weighted by Crippen LogP contribution is 2.36. The molecule has 3 aromatic rings. The van der Waals surface area contributed by atoms with Crippen LogP contribution in [0, 0.1) is 0 Å². The summed E-state index contributed by atoms with van der Waals surface area (Å²) in [6.07, 6.45) is 0. The zero-order valence-corrected chi connectivity index (χ0v) is 15.9. The second-order valence-corrected chi connectivity index (χ2v) is 7.62. The summed E-state index contributed by atoms with van der Waals surface area (Å²) in [4.78, 5) is 0. The van der Waals surface area contributed by atoms with Gasteiger partial charge in [-0.25, -0.2) is 0 Å². The molecule has 0 bridgehead atoms. The molecule has 0 unspecified atom stereocenters. The number of hydrogen-bond acceptors (Lipinski definition) is 6. The summed E-state index contributed by atoms with van der Waals surface area (Å²) < 4.78 is 12.2. The molecular weight excluding hydrogens is 339 g/mol. The van der Waals surface area contributed by atoms with Gasteiger partial charge in [-0.1, -0.05) is 54.6 Å². The molecule has 136 valence electrons. The highest BCUT2D eigenvalue weighted by atomic mass is 16.7. The van der Waals surface area contributed by atoms with Crippen molar-refractivity contribution in [2.45, 2.75) is 38.9 Å². The molecule has 0 amide bonds. The maximum atomic E-state index is 6.08. The molecule has 0 radical (unpaired) electrons. The molecule has 1 saturated heterocycles. The fourth-order valence-electron chi connectivity index (χ4n) is 2.82. The van der Waals surface area contributed by atoms with Crippen molar-refractivity contribution in [3.63, 3.8) is 0 Å². The monoisotopic (exact) mass is 360 g/mol. The van der Waals surface area contributed by atoms with Crippen LogP contribution in [0.25, 0.3) is 22.8 Å². The molecule has 1 fully saturated rings. The Hall–Kier alpha value is -2.64. The minimum absolute atomic E-state index is 0.361. The van der Waals surface area contributed by atoms with Crippen molar-refractivity contribution in [2.24, 2.45) is 0 Å². The average Bonchev–Trinajstić information content (AvgIpc) is 2.90. The van der Waals surface area contributed by atoms with Crippen molar-refractivity contribution in [1.82, 2.24) is 20.4 Å². The fraction of sp³-hybridized carbons (Fsp3) is 0.300. The summed E-state index contributed by atoms with van der Waals surface area (Å²) in [6.45, 7) is 8.17. The second kappa shape index (κ2) is 6.51. The lowest BCUT2D eigenvalue weighted by molar-refractivity contribution is 0.00578. The summed E-state index contributed by atoms with van der Waals surface area (Å²) in [6, 6.07) is 17.5. The smallest absolute Gasteiger partial charge is 0.399 e. The first kappa shape index (κ1) is 17.8. The first-order chi connectivity index (χ1) is 12.9. The Labute approximate surface area is 159 Å². The molecule has 1 aliphatic heterocycles. The number of benzene rings is 2. The number of nitrogens with zero attached hydrogens (tertiary/aromatic N) is 4. The Morgan fingerprint density at radius 3 is 1.56 bits per heavy atom. The SMILES string of the molecule is CC1(C)OB(c2ccc(-c3nnc(-c4ccccc4)nn3)cc2)OC1(C)C. The molecule has 0 N–H and O–H groups in total. The highest BCUT2D eigenvalue weighted by Gasteiger charge is 2.51. The molecule has 6 nitrogen and oxygen atoms in total. The van der Waals surface area contributed by atoms with Crippen LogP contribution in [0.5, 0.6) is 0 Å². The predicted molar refractivity (Wildman–Crippen MR) is 104 cm³/mol. The van der Waals surface area contributed by atoms with Crippen molar-refractivity contribution in [2.75, 3.05) is 0 Å². The third-order valence-electron chi connectivity index (χ3n) is 5.21. The Kier molecular flexibility index (Phi) is 4.28. The van der Waals surface area contributed by atoms with Gasteiger partial charge in [0.05, 0.1) is 11.2 Å². The summed E-state index contributed by atoms with van der Waals surface area (Å²) in [7, 11) is -0.387. The normalized spacial score (nSPS) is 17.9. The Morgan fingerprint density at radius 1 is 0.630 bits per heavy atom. The van der Waals surface area contributed by atoms with E-state index in [4.69, 9.17) is 9.31 Å². The van der Waals surface area contributed by atoms with Crippen LogP contribution in [0.1, 0.15) is 27.7 Å². The zero-order valence-electron chi connectivity index (χ0n) is 15.9. The third-order valence-corrected chi connectivity index (χ3v) is 5.21. The van der Waals surface area contributed by atoms with Gasteiger partial charge in [-0.05, 0) is 33.2 Å². The van der Waals surface area contributed by atoms with Gasteiger partial charge >= 0.3 is 7.12 Å². The van der Waals surface area contributed by atoms with E-state index in [0.29, 0.717) is 11.6 Å². The molecule has 1 aliphatic rings. The summed E-state index contributed by atoms with van der Waals surface area (Å²) in [5.41, 5.74) is 1.97. The molecule has 0 saturated carbocycles. The zero-order chi connectivity index (χ0) is 19.1. The van der Waals surface area contributed by atoms with Crippen LogP contribution < -0.4 is 5.46 Å². The van der Waals surface area contributed by atoms with Gasteiger partial charge in [0.1, 0.15) is 0 Å². The van der Waals surface area contributed by atoms with E-state index in [-0.39, 0.29) is 18.3 Å². The van der Waals surface area contributed by atoms with Crippen LogP contribution in [0.2, 0.25) is 0 Å². The lowest BCUT2D eigenvalue weighted by Gasteiger charge is -2.32. The first-order valence-electron chi connectivity index (χ1n) is 8.94. The fourth-order valence-corrected chi connectivity index (χ4v) is 2.82. The predicted octanol–water partition coefficient (Wildman–Crippen LogP) is 2.90. The number of hydrogen-bond donors (Lipinski definition) is 0. The van der Waals surface area contributed by atoms with Gasteiger partial charge in [-0.15, -0.1) is 20.4 Å². The molecule has 2 aromatic carbocycles. The standard InChI is InChI=1S/C20H21BN4O2/c1-19(2)20(3,4)27-21(26-19)16-12-10-15(11-13-16)18-24-22-17(23-25-18)14-8-6-5-7-9-14/h5-13H,1-4H3. The molecule has 1 aromatic heterocycles. The lowest BCUT2D eigenvalue weighted by atomic mass is 9.79. The quantitative estimate of drug-likeness (QED) is 0.669. The van der Waals surface area contributed by atoms with Crippen molar-refractivity contribution in [3.05, 3.63) is 54.6 Å². The molecular formula is C20H21BN4O2. The van der Waals surface area contributed by atoms with E-state index in [2.05, 4.69) is 20.4 Å². The van der Waals surface area contributed by atoms with E-state index in [1.165, 1.54) is 0 Å². The van der Waals surface area contributed by atoms with Crippen molar-refractivity contribution in [3.8, 4) is 22.8 Å². The molecule has 0 atom stereocenters. The first-order valence-corrected chi connectivity index (χ1v) is 8.94. The van der Waals surface area contributed by atoms with E-state index in [9.17, 15) is 0 Å². The van der Waals surface area contributed by atoms with E-state index in [0.717, 1.165) is 16.6 Å². The average molecular weight is 360 g/mol. The van der Waals surface area contributed by atoms with E-state index >= 15 is 0 Å². The van der Waals surface area contributed by atoms with E-state index in [1.54, 1.807) is 0 Å². The molecule has 7 heteroatoms.